The third-order valence-electron chi connectivity index (χ3n) is 3.75. The number of aliphatic hydroxyl groups excluding tert-OH is 1. The van der Waals surface area contributed by atoms with Crippen molar-refractivity contribution in [2.24, 2.45) is 0 Å². The predicted octanol–water partition coefficient (Wildman–Crippen LogP) is 2.50. The van der Waals surface area contributed by atoms with E-state index >= 15 is 0 Å². The minimum Gasteiger partial charge on any atom is -0.396 e. The van der Waals surface area contributed by atoms with E-state index in [-0.39, 0.29) is 12.5 Å². The summed E-state index contributed by atoms with van der Waals surface area (Å²) in [5.41, 5.74) is 2.92. The summed E-state index contributed by atoms with van der Waals surface area (Å²) in [4.78, 5) is 15.1. The fourth-order valence-electron chi connectivity index (χ4n) is 2.60. The van der Waals surface area contributed by atoms with Crippen LogP contribution in [0.15, 0.2) is 23.1 Å². The smallest absolute Gasteiger partial charge is 0.232 e. The van der Waals surface area contributed by atoms with Crippen LogP contribution in [0, 0.1) is 0 Å². The van der Waals surface area contributed by atoms with Crippen LogP contribution in [0.3, 0.4) is 0 Å². The van der Waals surface area contributed by atoms with Gasteiger partial charge in [0.1, 0.15) is 0 Å². The molecule has 3 nitrogen and oxygen atoms in total. The molecule has 2 rings (SSSR count). The van der Waals surface area contributed by atoms with Gasteiger partial charge in [0.05, 0.1) is 5.75 Å². The third kappa shape index (κ3) is 4.00. The Labute approximate surface area is 125 Å². The summed E-state index contributed by atoms with van der Waals surface area (Å²) in [5.74, 6) is 0.643. The Morgan fingerprint density at radius 3 is 2.90 bits per heavy atom. The maximum Gasteiger partial charge on any atom is 0.232 e. The lowest BCUT2D eigenvalue weighted by molar-refractivity contribution is -0.128. The molecule has 0 saturated carbocycles. The number of hydrogen-bond donors (Lipinski definition) is 1. The summed E-state index contributed by atoms with van der Waals surface area (Å²) >= 11 is 1.62. The fraction of sp³-hybridized carbons (Fsp3) is 0.562. The molecule has 4 heteroatoms. The van der Waals surface area contributed by atoms with Gasteiger partial charge in [-0.25, -0.2) is 0 Å². The van der Waals surface area contributed by atoms with Crippen LogP contribution in [0.1, 0.15) is 30.9 Å². The Morgan fingerprint density at radius 1 is 1.35 bits per heavy atom. The summed E-state index contributed by atoms with van der Waals surface area (Å²) in [6.45, 7) is 3.48. The Balaban J connectivity index is 1.86. The molecule has 0 radical (unpaired) electrons. The molecule has 1 N–H and O–H groups in total. The van der Waals surface area contributed by atoms with Crippen molar-refractivity contribution in [3.63, 3.8) is 0 Å². The number of aliphatic hydroxyl groups is 1. The number of fused-ring (bicyclic) bond motifs is 1. The quantitative estimate of drug-likeness (QED) is 0.785. The minimum atomic E-state index is 0.141. The molecule has 0 atom stereocenters. The van der Waals surface area contributed by atoms with Crippen molar-refractivity contribution in [2.75, 3.05) is 25.4 Å². The first kappa shape index (κ1) is 15.4. The number of amides is 1. The second-order valence-electron chi connectivity index (χ2n) is 5.12. The molecule has 0 bridgehead atoms. The second kappa shape index (κ2) is 7.70. The highest BCUT2D eigenvalue weighted by Gasteiger charge is 2.14. The number of carbonyl (C=O) groups excluding carboxylic acids is 1. The first-order valence-electron chi connectivity index (χ1n) is 7.38. The maximum atomic E-state index is 12.1. The number of thioether (sulfide) groups is 1. The molecule has 1 aliphatic carbocycles. The molecule has 0 saturated heterocycles. The molecular weight excluding hydrogens is 270 g/mol. The van der Waals surface area contributed by atoms with Crippen molar-refractivity contribution in [2.45, 2.75) is 37.5 Å². The Morgan fingerprint density at radius 2 is 2.15 bits per heavy atom. The molecule has 0 aromatic heterocycles. The molecular formula is C16H23NO2S. The second-order valence-corrected chi connectivity index (χ2v) is 6.17. The lowest BCUT2D eigenvalue weighted by atomic mass is 10.1. The van der Waals surface area contributed by atoms with Gasteiger partial charge in [-0.15, -0.1) is 11.8 Å². The van der Waals surface area contributed by atoms with Crippen molar-refractivity contribution in [1.29, 1.82) is 0 Å². The Kier molecular flexibility index (Phi) is 5.92. The summed E-state index contributed by atoms with van der Waals surface area (Å²) < 4.78 is 0. The van der Waals surface area contributed by atoms with Crippen molar-refractivity contribution in [1.82, 2.24) is 4.90 Å². The van der Waals surface area contributed by atoms with E-state index in [1.54, 1.807) is 11.8 Å². The highest BCUT2D eigenvalue weighted by atomic mass is 32.2. The molecule has 110 valence electrons. The van der Waals surface area contributed by atoms with E-state index in [2.05, 4.69) is 18.2 Å². The first-order valence-corrected chi connectivity index (χ1v) is 8.36. The van der Waals surface area contributed by atoms with Gasteiger partial charge in [0.15, 0.2) is 0 Å². The van der Waals surface area contributed by atoms with E-state index in [0.29, 0.717) is 25.3 Å². The zero-order chi connectivity index (χ0) is 14.4. The van der Waals surface area contributed by atoms with Crippen molar-refractivity contribution in [3.05, 3.63) is 29.3 Å². The molecule has 0 aliphatic heterocycles. The molecule has 1 amide bonds. The van der Waals surface area contributed by atoms with Crippen molar-refractivity contribution < 1.29 is 9.90 Å². The van der Waals surface area contributed by atoms with Crippen LogP contribution in [-0.4, -0.2) is 41.4 Å². The molecule has 20 heavy (non-hydrogen) atoms. The van der Waals surface area contributed by atoms with Crippen LogP contribution >= 0.6 is 11.8 Å². The minimum absolute atomic E-state index is 0.141. The van der Waals surface area contributed by atoms with Crippen LogP contribution in [-0.2, 0) is 17.6 Å². The lowest BCUT2D eigenvalue weighted by Gasteiger charge is -2.20. The number of carbonyl (C=O) groups is 1. The summed E-state index contributed by atoms with van der Waals surface area (Å²) in [7, 11) is 0. The van der Waals surface area contributed by atoms with Gasteiger partial charge in [0, 0.05) is 24.6 Å². The average Bonchev–Trinajstić information content (AvgIpc) is 2.93. The highest BCUT2D eigenvalue weighted by molar-refractivity contribution is 8.00. The van der Waals surface area contributed by atoms with Gasteiger partial charge in [-0.3, -0.25) is 4.79 Å². The maximum absolute atomic E-state index is 12.1. The van der Waals surface area contributed by atoms with Gasteiger partial charge in [-0.05, 0) is 55.9 Å². The van der Waals surface area contributed by atoms with E-state index in [4.69, 9.17) is 5.11 Å². The predicted molar refractivity (Wildman–Crippen MR) is 83.1 cm³/mol. The largest absolute Gasteiger partial charge is 0.396 e. The van der Waals surface area contributed by atoms with Crippen LogP contribution in [0.5, 0.6) is 0 Å². The SMILES string of the molecule is CCN(CCCO)C(=O)CSc1ccc2c(c1)CCC2. The molecule has 0 heterocycles. The summed E-state index contributed by atoms with van der Waals surface area (Å²) in [5, 5.41) is 8.85. The Bertz CT molecular complexity index is 462. The third-order valence-corrected chi connectivity index (χ3v) is 4.73. The van der Waals surface area contributed by atoms with E-state index in [1.807, 2.05) is 11.8 Å². The molecule has 0 unspecified atom stereocenters. The number of rotatable bonds is 7. The Hall–Kier alpha value is -1.00. The fourth-order valence-corrected chi connectivity index (χ4v) is 3.46. The number of hydrogen-bond acceptors (Lipinski definition) is 3. The molecule has 1 aliphatic rings. The first-order chi connectivity index (χ1) is 9.74. The standard InChI is InChI=1S/C16H23NO2S/c1-2-17(9-4-10-18)16(19)12-20-15-8-7-13-5-3-6-14(13)11-15/h7-8,11,18H,2-6,9-10,12H2,1H3. The van der Waals surface area contributed by atoms with Gasteiger partial charge < -0.3 is 10.0 Å². The highest BCUT2D eigenvalue weighted by Crippen LogP contribution is 2.27. The van der Waals surface area contributed by atoms with Crippen LogP contribution in [0.2, 0.25) is 0 Å². The average molecular weight is 293 g/mol. The van der Waals surface area contributed by atoms with E-state index in [1.165, 1.54) is 35.3 Å². The van der Waals surface area contributed by atoms with Gasteiger partial charge in [-0.2, -0.15) is 0 Å². The zero-order valence-corrected chi connectivity index (χ0v) is 12.9. The zero-order valence-electron chi connectivity index (χ0n) is 12.1. The van der Waals surface area contributed by atoms with Crippen LogP contribution in [0.25, 0.3) is 0 Å². The monoisotopic (exact) mass is 293 g/mol. The molecule has 0 fully saturated rings. The topological polar surface area (TPSA) is 40.5 Å². The van der Waals surface area contributed by atoms with E-state index < -0.39 is 0 Å². The van der Waals surface area contributed by atoms with Crippen LogP contribution in [0.4, 0.5) is 0 Å². The number of aryl methyl sites for hydroxylation is 2. The van der Waals surface area contributed by atoms with Gasteiger partial charge >= 0.3 is 0 Å². The molecule has 1 aromatic carbocycles. The van der Waals surface area contributed by atoms with E-state index in [9.17, 15) is 4.79 Å². The summed E-state index contributed by atoms with van der Waals surface area (Å²) in [6.07, 6.45) is 4.29. The van der Waals surface area contributed by atoms with Gasteiger partial charge in [0.2, 0.25) is 5.91 Å². The molecule has 1 aromatic rings. The van der Waals surface area contributed by atoms with Gasteiger partial charge in [-0.1, -0.05) is 6.07 Å². The molecule has 0 spiro atoms. The van der Waals surface area contributed by atoms with Crippen LogP contribution < -0.4 is 0 Å². The normalized spacial score (nSPS) is 13.3. The number of nitrogens with zero attached hydrogens (tertiary/aromatic N) is 1. The van der Waals surface area contributed by atoms with Crippen molar-refractivity contribution >= 4 is 17.7 Å². The lowest BCUT2D eigenvalue weighted by Crippen LogP contribution is -2.33. The van der Waals surface area contributed by atoms with Gasteiger partial charge in [0.25, 0.3) is 0 Å². The number of benzene rings is 1. The summed E-state index contributed by atoms with van der Waals surface area (Å²) in [6, 6.07) is 6.58. The van der Waals surface area contributed by atoms with Crippen molar-refractivity contribution in [3.8, 4) is 0 Å². The van der Waals surface area contributed by atoms with E-state index in [0.717, 1.165) is 0 Å².